The van der Waals surface area contributed by atoms with Gasteiger partial charge in [-0.1, -0.05) is 13.8 Å². The molecule has 2 nitrogen and oxygen atoms in total. The highest BCUT2D eigenvalue weighted by Crippen LogP contribution is 2.12. The fourth-order valence-corrected chi connectivity index (χ4v) is 1.12. The number of carbonyl (C=O) groups excluding carboxylic acids is 1. The van der Waals surface area contributed by atoms with Gasteiger partial charge < -0.3 is 9.53 Å². The first-order chi connectivity index (χ1) is 5.20. The van der Waals surface area contributed by atoms with Crippen molar-refractivity contribution < 1.29 is 9.53 Å². The van der Waals surface area contributed by atoms with Crippen LogP contribution in [0.4, 0.5) is 0 Å². The van der Waals surface area contributed by atoms with E-state index in [1.165, 1.54) is 0 Å². The van der Waals surface area contributed by atoms with Crippen molar-refractivity contribution in [3.63, 3.8) is 0 Å². The molecule has 0 fully saturated rings. The van der Waals surface area contributed by atoms with Crippen LogP contribution in [0, 0.1) is 11.8 Å². The first-order valence-corrected chi connectivity index (χ1v) is 4.15. The molecule has 11 heavy (non-hydrogen) atoms. The highest BCUT2D eigenvalue weighted by molar-refractivity contribution is 5.53. The first-order valence-electron chi connectivity index (χ1n) is 4.15. The smallest absolute Gasteiger partial charge is 0.123 e. The van der Waals surface area contributed by atoms with Crippen molar-refractivity contribution in [2.75, 3.05) is 13.7 Å². The number of hydrogen-bond acceptors (Lipinski definition) is 2. The van der Waals surface area contributed by atoms with Crippen LogP contribution in [0.15, 0.2) is 0 Å². The molecule has 0 aliphatic heterocycles. The highest BCUT2D eigenvalue weighted by Gasteiger charge is 2.08. The maximum Gasteiger partial charge on any atom is 0.123 e. The van der Waals surface area contributed by atoms with Crippen LogP contribution in [-0.4, -0.2) is 20.0 Å². The SMILES string of the molecule is COCC[C@H](C=O)CC(C)C. The summed E-state index contributed by atoms with van der Waals surface area (Å²) in [6.07, 6.45) is 2.88. The molecule has 0 amide bonds. The number of ether oxygens (including phenoxy) is 1. The van der Waals surface area contributed by atoms with Crippen molar-refractivity contribution in [3.8, 4) is 0 Å². The zero-order chi connectivity index (χ0) is 8.69. The Labute approximate surface area is 68.9 Å². The summed E-state index contributed by atoms with van der Waals surface area (Å²) in [5.41, 5.74) is 0. The van der Waals surface area contributed by atoms with Crippen LogP contribution in [0.5, 0.6) is 0 Å². The second-order valence-corrected chi connectivity index (χ2v) is 3.31. The molecule has 0 radical (unpaired) electrons. The van der Waals surface area contributed by atoms with E-state index < -0.39 is 0 Å². The molecule has 0 bridgehead atoms. The van der Waals surface area contributed by atoms with Crippen molar-refractivity contribution in [3.05, 3.63) is 0 Å². The summed E-state index contributed by atoms with van der Waals surface area (Å²) in [7, 11) is 1.66. The summed E-state index contributed by atoms with van der Waals surface area (Å²) < 4.78 is 4.90. The number of rotatable bonds is 6. The lowest BCUT2D eigenvalue weighted by atomic mass is 9.96. The minimum Gasteiger partial charge on any atom is -0.385 e. The Bertz CT molecular complexity index is 99.7. The lowest BCUT2D eigenvalue weighted by Gasteiger charge is -2.11. The maximum absolute atomic E-state index is 10.5. The highest BCUT2D eigenvalue weighted by atomic mass is 16.5. The van der Waals surface area contributed by atoms with Crippen LogP contribution in [0.2, 0.25) is 0 Å². The van der Waals surface area contributed by atoms with Crippen LogP contribution in [-0.2, 0) is 9.53 Å². The minimum atomic E-state index is 0.190. The third kappa shape index (κ3) is 6.05. The number of carbonyl (C=O) groups is 1. The topological polar surface area (TPSA) is 26.3 Å². The Morgan fingerprint density at radius 2 is 2.09 bits per heavy atom. The van der Waals surface area contributed by atoms with Crippen molar-refractivity contribution in [2.24, 2.45) is 11.8 Å². The van der Waals surface area contributed by atoms with Gasteiger partial charge in [0, 0.05) is 19.6 Å². The maximum atomic E-state index is 10.5. The van der Waals surface area contributed by atoms with Crippen LogP contribution in [0.25, 0.3) is 0 Å². The summed E-state index contributed by atoms with van der Waals surface area (Å²) in [4.78, 5) is 10.5. The molecule has 0 aromatic rings. The van der Waals surface area contributed by atoms with E-state index in [1.54, 1.807) is 7.11 Å². The van der Waals surface area contributed by atoms with E-state index in [1.807, 2.05) is 0 Å². The Balaban J connectivity index is 3.49. The molecule has 0 rings (SSSR count). The molecule has 2 heteroatoms. The van der Waals surface area contributed by atoms with E-state index in [0.29, 0.717) is 12.5 Å². The predicted octanol–water partition coefficient (Wildman–Crippen LogP) is 1.88. The average molecular weight is 158 g/mol. The molecule has 0 aromatic carbocycles. The lowest BCUT2D eigenvalue weighted by molar-refractivity contribution is -0.112. The van der Waals surface area contributed by atoms with Crippen LogP contribution in [0.1, 0.15) is 26.7 Å². The fraction of sp³-hybridized carbons (Fsp3) is 0.889. The van der Waals surface area contributed by atoms with Gasteiger partial charge in [-0.25, -0.2) is 0 Å². The molecule has 0 spiro atoms. The van der Waals surface area contributed by atoms with Crippen molar-refractivity contribution >= 4 is 6.29 Å². The van der Waals surface area contributed by atoms with Gasteiger partial charge in [0.25, 0.3) is 0 Å². The van der Waals surface area contributed by atoms with Gasteiger partial charge in [0.2, 0.25) is 0 Å². The zero-order valence-corrected chi connectivity index (χ0v) is 7.67. The molecule has 66 valence electrons. The zero-order valence-electron chi connectivity index (χ0n) is 7.67. The van der Waals surface area contributed by atoms with Gasteiger partial charge >= 0.3 is 0 Å². The van der Waals surface area contributed by atoms with Gasteiger partial charge in [-0.05, 0) is 18.8 Å². The second-order valence-electron chi connectivity index (χ2n) is 3.31. The van der Waals surface area contributed by atoms with E-state index in [4.69, 9.17) is 4.74 Å². The first kappa shape index (κ1) is 10.6. The molecule has 1 atom stereocenters. The molecular weight excluding hydrogens is 140 g/mol. The molecule has 0 saturated heterocycles. The Hall–Kier alpha value is -0.370. The summed E-state index contributed by atoms with van der Waals surface area (Å²) in [6.45, 7) is 4.95. The molecule has 0 aliphatic rings. The monoisotopic (exact) mass is 158 g/mol. The van der Waals surface area contributed by atoms with Crippen LogP contribution >= 0.6 is 0 Å². The fourth-order valence-electron chi connectivity index (χ4n) is 1.12. The lowest BCUT2D eigenvalue weighted by Crippen LogP contribution is -2.08. The largest absolute Gasteiger partial charge is 0.385 e. The molecule has 0 heterocycles. The molecule has 0 N–H and O–H groups in total. The summed E-state index contributed by atoms with van der Waals surface area (Å²) in [6, 6.07) is 0. The quantitative estimate of drug-likeness (QED) is 0.552. The van der Waals surface area contributed by atoms with Gasteiger partial charge in [0.1, 0.15) is 6.29 Å². The van der Waals surface area contributed by atoms with Crippen molar-refractivity contribution in [1.29, 1.82) is 0 Å². The van der Waals surface area contributed by atoms with Gasteiger partial charge in [-0.2, -0.15) is 0 Å². The Morgan fingerprint density at radius 1 is 1.45 bits per heavy atom. The van der Waals surface area contributed by atoms with E-state index in [0.717, 1.165) is 19.1 Å². The number of hydrogen-bond donors (Lipinski definition) is 0. The normalized spacial score (nSPS) is 13.5. The third-order valence-corrected chi connectivity index (χ3v) is 1.66. The number of methoxy groups -OCH3 is 1. The standard InChI is InChI=1S/C9H18O2/c1-8(2)6-9(7-10)4-5-11-3/h7-9H,4-6H2,1-3H3/t9-/m0/s1. The summed E-state index contributed by atoms with van der Waals surface area (Å²) in [5.74, 6) is 0.789. The molecule has 0 unspecified atom stereocenters. The molecular formula is C9H18O2. The van der Waals surface area contributed by atoms with E-state index in [2.05, 4.69) is 13.8 Å². The van der Waals surface area contributed by atoms with Crippen LogP contribution in [0.3, 0.4) is 0 Å². The molecule has 0 aromatic heterocycles. The summed E-state index contributed by atoms with van der Waals surface area (Å²) >= 11 is 0. The van der Waals surface area contributed by atoms with E-state index in [9.17, 15) is 4.79 Å². The van der Waals surface area contributed by atoms with Gasteiger partial charge in [0.05, 0.1) is 0 Å². The number of aldehydes is 1. The molecule has 0 aliphatic carbocycles. The third-order valence-electron chi connectivity index (χ3n) is 1.66. The summed E-state index contributed by atoms with van der Waals surface area (Å²) in [5, 5.41) is 0. The average Bonchev–Trinajstić information content (AvgIpc) is 1.97. The van der Waals surface area contributed by atoms with Crippen molar-refractivity contribution in [1.82, 2.24) is 0 Å². The van der Waals surface area contributed by atoms with E-state index in [-0.39, 0.29) is 5.92 Å². The predicted molar refractivity (Wildman–Crippen MR) is 45.5 cm³/mol. The van der Waals surface area contributed by atoms with E-state index >= 15 is 0 Å². The van der Waals surface area contributed by atoms with Crippen molar-refractivity contribution in [2.45, 2.75) is 26.7 Å². The van der Waals surface area contributed by atoms with Gasteiger partial charge in [-0.3, -0.25) is 0 Å². The molecule has 0 saturated carbocycles. The van der Waals surface area contributed by atoms with Gasteiger partial charge in [-0.15, -0.1) is 0 Å². The van der Waals surface area contributed by atoms with Crippen LogP contribution < -0.4 is 0 Å². The minimum absolute atomic E-state index is 0.190. The Kier molecular flexibility index (Phi) is 6.13. The second kappa shape index (κ2) is 6.35. The van der Waals surface area contributed by atoms with Gasteiger partial charge in [0.15, 0.2) is 0 Å². The Morgan fingerprint density at radius 3 is 2.45 bits per heavy atom.